The molecule has 0 aliphatic carbocycles. The standard InChI is InChI=1S/C12H15N5OS/c1-3-12(2,10-13-7-8-19-10)16-11(18)15-9-5-4-6-14-17-9/h4-8H,3H2,1-2H3,(H2,15,16,17,18)/t12-/m0/s1. The average molecular weight is 277 g/mol. The zero-order valence-electron chi connectivity index (χ0n) is 10.8. The number of aromatic nitrogens is 3. The largest absolute Gasteiger partial charge is 0.326 e. The van der Waals surface area contributed by atoms with E-state index in [1.807, 2.05) is 19.2 Å². The van der Waals surface area contributed by atoms with Crippen molar-refractivity contribution in [3.63, 3.8) is 0 Å². The summed E-state index contributed by atoms with van der Waals surface area (Å²) in [4.78, 5) is 16.2. The Hall–Kier alpha value is -2.02. The van der Waals surface area contributed by atoms with E-state index in [9.17, 15) is 4.79 Å². The van der Waals surface area contributed by atoms with Gasteiger partial charge in [0.15, 0.2) is 5.82 Å². The summed E-state index contributed by atoms with van der Waals surface area (Å²) in [7, 11) is 0. The van der Waals surface area contributed by atoms with E-state index in [-0.39, 0.29) is 6.03 Å². The number of rotatable bonds is 4. The van der Waals surface area contributed by atoms with Crippen molar-refractivity contribution in [2.24, 2.45) is 0 Å². The number of anilines is 1. The van der Waals surface area contributed by atoms with Crippen LogP contribution < -0.4 is 10.6 Å². The molecule has 0 aromatic carbocycles. The molecule has 19 heavy (non-hydrogen) atoms. The van der Waals surface area contributed by atoms with Gasteiger partial charge in [-0.25, -0.2) is 9.78 Å². The Morgan fingerprint density at radius 3 is 2.89 bits per heavy atom. The smallest absolute Gasteiger partial charge is 0.321 e. The first-order valence-corrected chi connectivity index (χ1v) is 6.79. The monoisotopic (exact) mass is 277 g/mol. The van der Waals surface area contributed by atoms with Crippen molar-refractivity contribution in [3.05, 3.63) is 34.9 Å². The van der Waals surface area contributed by atoms with Gasteiger partial charge in [0.1, 0.15) is 5.01 Å². The van der Waals surface area contributed by atoms with Crippen LogP contribution in [-0.4, -0.2) is 21.2 Å². The van der Waals surface area contributed by atoms with E-state index in [2.05, 4.69) is 25.8 Å². The first kappa shape index (κ1) is 13.4. The van der Waals surface area contributed by atoms with Gasteiger partial charge in [-0.15, -0.1) is 16.4 Å². The van der Waals surface area contributed by atoms with Gasteiger partial charge in [0.05, 0.1) is 5.54 Å². The molecule has 1 atom stereocenters. The van der Waals surface area contributed by atoms with Crippen LogP contribution in [0.15, 0.2) is 29.9 Å². The first-order valence-electron chi connectivity index (χ1n) is 5.91. The second-order valence-corrected chi connectivity index (χ2v) is 5.11. The highest BCUT2D eigenvalue weighted by Crippen LogP contribution is 2.26. The lowest BCUT2D eigenvalue weighted by Crippen LogP contribution is -2.45. The summed E-state index contributed by atoms with van der Waals surface area (Å²) >= 11 is 1.52. The average Bonchev–Trinajstić information content (AvgIpc) is 2.94. The summed E-state index contributed by atoms with van der Waals surface area (Å²) in [6.07, 6.45) is 4.03. The number of amides is 2. The van der Waals surface area contributed by atoms with Gasteiger partial charge in [-0.05, 0) is 25.5 Å². The molecule has 2 rings (SSSR count). The van der Waals surface area contributed by atoms with Crippen LogP contribution in [0.3, 0.4) is 0 Å². The van der Waals surface area contributed by atoms with Crippen LogP contribution in [0.2, 0.25) is 0 Å². The van der Waals surface area contributed by atoms with E-state index in [4.69, 9.17) is 0 Å². The zero-order chi connectivity index (χ0) is 13.7. The van der Waals surface area contributed by atoms with E-state index >= 15 is 0 Å². The third-order valence-electron chi connectivity index (χ3n) is 2.81. The minimum Gasteiger partial charge on any atom is -0.326 e. The number of nitrogens with one attached hydrogen (secondary N) is 2. The molecule has 2 N–H and O–H groups in total. The Bertz CT molecular complexity index is 530. The molecule has 0 aliphatic rings. The first-order chi connectivity index (χ1) is 9.14. The molecular weight excluding hydrogens is 262 g/mol. The van der Waals surface area contributed by atoms with Crippen LogP contribution in [0.1, 0.15) is 25.3 Å². The highest BCUT2D eigenvalue weighted by molar-refractivity contribution is 7.09. The molecule has 2 amide bonds. The van der Waals surface area contributed by atoms with E-state index in [0.717, 1.165) is 11.4 Å². The molecule has 0 saturated carbocycles. The maximum atomic E-state index is 12.0. The van der Waals surface area contributed by atoms with Crippen LogP contribution >= 0.6 is 11.3 Å². The fourth-order valence-electron chi connectivity index (χ4n) is 1.56. The molecule has 0 unspecified atom stereocenters. The van der Waals surface area contributed by atoms with Gasteiger partial charge in [0.25, 0.3) is 0 Å². The predicted octanol–water partition coefficient (Wildman–Crippen LogP) is 2.38. The van der Waals surface area contributed by atoms with E-state index < -0.39 is 5.54 Å². The molecule has 2 heterocycles. The fraction of sp³-hybridized carbons (Fsp3) is 0.333. The van der Waals surface area contributed by atoms with Crippen LogP contribution in [0.25, 0.3) is 0 Å². The number of thiazole rings is 1. The highest BCUT2D eigenvalue weighted by atomic mass is 32.1. The van der Waals surface area contributed by atoms with Crippen LogP contribution in [0.5, 0.6) is 0 Å². The van der Waals surface area contributed by atoms with Crippen molar-refractivity contribution >= 4 is 23.2 Å². The number of urea groups is 1. The molecule has 0 radical (unpaired) electrons. The third-order valence-corrected chi connectivity index (χ3v) is 3.85. The normalized spacial score (nSPS) is 13.6. The van der Waals surface area contributed by atoms with Gasteiger partial charge in [0.2, 0.25) is 0 Å². The van der Waals surface area contributed by atoms with E-state index in [1.54, 1.807) is 24.5 Å². The van der Waals surface area contributed by atoms with Gasteiger partial charge in [0, 0.05) is 17.8 Å². The molecule has 100 valence electrons. The number of hydrogen-bond donors (Lipinski definition) is 2. The summed E-state index contributed by atoms with van der Waals surface area (Å²) < 4.78 is 0. The van der Waals surface area contributed by atoms with Gasteiger partial charge in [-0.2, -0.15) is 5.10 Å². The summed E-state index contributed by atoms with van der Waals surface area (Å²) in [6.45, 7) is 3.95. The second kappa shape index (κ2) is 5.75. The lowest BCUT2D eigenvalue weighted by molar-refractivity contribution is 0.237. The van der Waals surface area contributed by atoms with Crippen molar-refractivity contribution in [1.29, 1.82) is 0 Å². The molecular formula is C12H15N5OS. The molecule has 7 heteroatoms. The summed E-state index contributed by atoms with van der Waals surface area (Å²) in [5, 5.41) is 15.8. The van der Waals surface area contributed by atoms with Crippen LogP contribution in [0, 0.1) is 0 Å². The van der Waals surface area contributed by atoms with Crippen molar-refractivity contribution in [2.75, 3.05) is 5.32 Å². The lowest BCUT2D eigenvalue weighted by Gasteiger charge is -2.27. The number of hydrogen-bond acceptors (Lipinski definition) is 5. The Morgan fingerprint density at radius 1 is 1.47 bits per heavy atom. The Morgan fingerprint density at radius 2 is 2.32 bits per heavy atom. The molecule has 0 bridgehead atoms. The van der Waals surface area contributed by atoms with E-state index in [1.165, 1.54) is 11.3 Å². The maximum Gasteiger partial charge on any atom is 0.321 e. The fourth-order valence-corrected chi connectivity index (χ4v) is 2.38. The van der Waals surface area contributed by atoms with Crippen LogP contribution in [0.4, 0.5) is 10.6 Å². The minimum absolute atomic E-state index is 0.319. The van der Waals surface area contributed by atoms with Gasteiger partial charge in [-0.1, -0.05) is 6.92 Å². The molecule has 6 nitrogen and oxygen atoms in total. The lowest BCUT2D eigenvalue weighted by atomic mass is 10.0. The summed E-state index contributed by atoms with van der Waals surface area (Å²) in [5.74, 6) is 0.414. The number of carbonyl (C=O) groups is 1. The predicted molar refractivity (Wildman–Crippen MR) is 73.9 cm³/mol. The van der Waals surface area contributed by atoms with Crippen LogP contribution in [-0.2, 0) is 5.54 Å². The van der Waals surface area contributed by atoms with Crippen molar-refractivity contribution in [1.82, 2.24) is 20.5 Å². The van der Waals surface area contributed by atoms with Crippen molar-refractivity contribution in [2.45, 2.75) is 25.8 Å². The Kier molecular flexibility index (Phi) is 4.06. The van der Waals surface area contributed by atoms with Gasteiger partial charge >= 0.3 is 6.03 Å². The molecule has 0 fully saturated rings. The topological polar surface area (TPSA) is 79.8 Å². The van der Waals surface area contributed by atoms with Crippen molar-refractivity contribution in [3.8, 4) is 0 Å². The number of nitrogens with zero attached hydrogens (tertiary/aromatic N) is 3. The molecule has 0 saturated heterocycles. The molecule has 0 spiro atoms. The molecule has 0 aliphatic heterocycles. The maximum absolute atomic E-state index is 12.0. The van der Waals surface area contributed by atoms with E-state index in [0.29, 0.717) is 5.82 Å². The second-order valence-electron chi connectivity index (χ2n) is 4.21. The Labute approximate surface area is 115 Å². The number of carbonyl (C=O) groups excluding carboxylic acids is 1. The SMILES string of the molecule is CC[C@](C)(NC(=O)Nc1cccnn1)c1nccs1. The van der Waals surface area contributed by atoms with Gasteiger partial charge in [-0.3, -0.25) is 5.32 Å². The Balaban J connectivity index is 2.05. The zero-order valence-corrected chi connectivity index (χ0v) is 11.6. The van der Waals surface area contributed by atoms with Crippen molar-refractivity contribution < 1.29 is 4.79 Å². The van der Waals surface area contributed by atoms with Gasteiger partial charge < -0.3 is 5.32 Å². The summed E-state index contributed by atoms with van der Waals surface area (Å²) in [5.41, 5.74) is -0.486. The quantitative estimate of drug-likeness (QED) is 0.899. The highest BCUT2D eigenvalue weighted by Gasteiger charge is 2.29. The molecule has 2 aromatic rings. The minimum atomic E-state index is -0.486. The third kappa shape index (κ3) is 3.25. The summed E-state index contributed by atoms with van der Waals surface area (Å²) in [6, 6.07) is 3.07. The molecule has 2 aromatic heterocycles.